The highest BCUT2D eigenvalue weighted by molar-refractivity contribution is 7.99. The average Bonchev–Trinajstić information content (AvgIpc) is 4.08. The fourth-order valence-electron chi connectivity index (χ4n) is 9.79. The Morgan fingerprint density at radius 2 is 1.10 bits per heavy atom. The SMILES string of the molecule is C/C=C1\C[C@H]2C=Nc3cc(OCc4cc(COc5cc6c(cc5OC)C(=O)N5C/C(=C/C)C[C@H]5C=N6)cc(N(CCOCCOCCN(C)CC(C)(C)SC)C(=O)CCOCCOCCOCCOC)c4)c(OC)cc3C(=O)N2C1. The highest BCUT2D eigenvalue weighted by atomic mass is 32.2. The molecule has 3 aromatic carbocycles. The van der Waals surface area contributed by atoms with Crippen LogP contribution in [0.2, 0.25) is 0 Å². The third-order valence-corrected chi connectivity index (χ3v) is 15.6. The van der Waals surface area contributed by atoms with Gasteiger partial charge in [0.05, 0.1) is 128 Å². The van der Waals surface area contributed by atoms with E-state index >= 15 is 0 Å². The first-order valence-electron chi connectivity index (χ1n) is 27.5. The minimum absolute atomic E-state index is 0.0407. The number of aliphatic imine (C=N–C) groups is 2. The summed E-state index contributed by atoms with van der Waals surface area (Å²) in [5.74, 6) is 1.10. The van der Waals surface area contributed by atoms with Crippen LogP contribution in [0.15, 0.2) is 75.7 Å². The summed E-state index contributed by atoms with van der Waals surface area (Å²) < 4.78 is 59.0. The molecule has 4 aliphatic heterocycles. The molecule has 3 aromatic rings. The van der Waals surface area contributed by atoms with Crippen LogP contribution in [0.1, 0.15) is 78.8 Å². The van der Waals surface area contributed by atoms with Gasteiger partial charge in [-0.3, -0.25) is 24.4 Å². The molecule has 2 fully saturated rings. The molecule has 19 nitrogen and oxygen atoms in total. The maximum absolute atomic E-state index is 14.4. The number of thioether (sulfide) groups is 1. The summed E-state index contributed by atoms with van der Waals surface area (Å²) in [6.45, 7) is 15.8. The molecule has 4 aliphatic rings. The third kappa shape index (κ3) is 17.1. The standard InChI is InChI=1S/C60H82N6O13S/c1-10-42-27-47-35-61-51-33-55(53(71-7)31-49(51)58(68)65(47)37-42)78-39-44-26-45(40-79-56-34-52-50(32-54(56)72-8)59(69)66-38-43(11-2)28-48(66)36-62-52)30-46(29-44)64(57(67)12-15-73-20-23-77-25-24-76-19-18-70-6)14-17-75-22-21-74-16-13-63(5)41-60(3,4)80-9/h10-11,26,29-36,47-48H,12-25,27-28,37-41H2,1-9H3/b42-10+,43-11+/t47-,48-/m0/s1. The number of benzene rings is 3. The van der Waals surface area contributed by atoms with Crippen molar-refractivity contribution in [1.82, 2.24) is 14.7 Å². The average molecular weight is 1130 g/mol. The van der Waals surface area contributed by atoms with Gasteiger partial charge >= 0.3 is 0 Å². The van der Waals surface area contributed by atoms with Crippen LogP contribution in [-0.2, 0) is 46.4 Å². The molecular weight excluding hydrogens is 1040 g/mol. The maximum Gasteiger partial charge on any atom is 0.257 e. The number of rotatable bonds is 33. The van der Waals surface area contributed by atoms with E-state index in [1.54, 1.807) is 36.3 Å². The smallest absolute Gasteiger partial charge is 0.257 e. The molecule has 0 N–H and O–H groups in total. The lowest BCUT2D eigenvalue weighted by molar-refractivity contribution is -0.120. The van der Waals surface area contributed by atoms with E-state index in [0.29, 0.717) is 135 Å². The Balaban J connectivity index is 1.12. The number of fused-ring (bicyclic) bond motifs is 4. The fraction of sp³-hybridized carbons (Fsp3) is 0.550. The van der Waals surface area contributed by atoms with Gasteiger partial charge in [0.25, 0.3) is 11.8 Å². The van der Waals surface area contributed by atoms with Crippen molar-refractivity contribution in [3.8, 4) is 23.0 Å². The Morgan fingerprint density at radius 3 is 1.56 bits per heavy atom. The van der Waals surface area contributed by atoms with Gasteiger partial charge in [-0.05, 0) is 95.3 Å². The molecule has 3 amide bonds. The molecule has 0 spiro atoms. The lowest BCUT2D eigenvalue weighted by atomic mass is 10.1. The van der Waals surface area contributed by atoms with Gasteiger partial charge in [-0.15, -0.1) is 0 Å². The second-order valence-electron chi connectivity index (χ2n) is 20.5. The molecule has 80 heavy (non-hydrogen) atoms. The van der Waals surface area contributed by atoms with E-state index in [1.807, 2.05) is 66.0 Å². The van der Waals surface area contributed by atoms with Gasteiger partial charge in [0, 0.05) is 74.8 Å². The van der Waals surface area contributed by atoms with Crippen molar-refractivity contribution in [2.75, 3.05) is 145 Å². The molecule has 7 rings (SSSR count). The minimum Gasteiger partial charge on any atom is -0.493 e. The Labute approximate surface area is 476 Å². The molecular formula is C60H82N6O13S. The lowest BCUT2D eigenvalue weighted by Crippen LogP contribution is -2.36. The third-order valence-electron chi connectivity index (χ3n) is 14.4. The van der Waals surface area contributed by atoms with Crippen LogP contribution in [-0.4, -0.2) is 202 Å². The van der Waals surface area contributed by atoms with Gasteiger partial charge in [-0.25, -0.2) is 0 Å². The Hall–Kier alpha value is -5.84. The molecule has 0 saturated carbocycles. The molecule has 0 aliphatic carbocycles. The zero-order valence-corrected chi connectivity index (χ0v) is 49.1. The van der Waals surface area contributed by atoms with Gasteiger partial charge in [-0.1, -0.05) is 23.3 Å². The van der Waals surface area contributed by atoms with Gasteiger partial charge in [0.2, 0.25) is 5.91 Å². The van der Waals surface area contributed by atoms with E-state index in [-0.39, 0.29) is 73.9 Å². The summed E-state index contributed by atoms with van der Waals surface area (Å²) in [5.41, 5.74) is 6.20. The maximum atomic E-state index is 14.4. The largest absolute Gasteiger partial charge is 0.493 e. The zero-order chi connectivity index (χ0) is 57.0. The summed E-state index contributed by atoms with van der Waals surface area (Å²) in [4.78, 5) is 59.4. The number of amides is 3. The van der Waals surface area contributed by atoms with Crippen LogP contribution in [0.25, 0.3) is 0 Å². The molecule has 0 unspecified atom stereocenters. The van der Waals surface area contributed by atoms with Crippen LogP contribution in [0.5, 0.6) is 23.0 Å². The topological polar surface area (TPSA) is 181 Å². The fourth-order valence-corrected chi connectivity index (χ4v) is 10.1. The zero-order valence-electron chi connectivity index (χ0n) is 48.3. The summed E-state index contributed by atoms with van der Waals surface area (Å²) in [7, 11) is 6.80. The molecule has 20 heteroatoms. The lowest BCUT2D eigenvalue weighted by Gasteiger charge is -2.28. The summed E-state index contributed by atoms with van der Waals surface area (Å²) >= 11 is 1.84. The van der Waals surface area contributed by atoms with Gasteiger partial charge < -0.3 is 67.0 Å². The molecule has 2 atom stereocenters. The van der Waals surface area contributed by atoms with Crippen molar-refractivity contribution in [1.29, 1.82) is 0 Å². The molecule has 0 bridgehead atoms. The van der Waals surface area contributed by atoms with E-state index in [2.05, 4.69) is 44.2 Å². The molecule has 436 valence electrons. The summed E-state index contributed by atoms with van der Waals surface area (Å²) in [6.07, 6.45) is 11.4. The van der Waals surface area contributed by atoms with Crippen molar-refractivity contribution in [3.05, 3.63) is 88.0 Å². The minimum atomic E-state index is -0.188. The first-order valence-corrected chi connectivity index (χ1v) is 28.7. The highest BCUT2D eigenvalue weighted by Crippen LogP contribution is 2.41. The van der Waals surface area contributed by atoms with Crippen molar-refractivity contribution >= 4 is 59.0 Å². The van der Waals surface area contributed by atoms with Gasteiger partial charge in [0.15, 0.2) is 23.0 Å². The van der Waals surface area contributed by atoms with Crippen molar-refractivity contribution in [3.63, 3.8) is 0 Å². The molecule has 2 saturated heterocycles. The number of hydrogen-bond donors (Lipinski definition) is 0. The normalized spacial score (nSPS) is 17.7. The number of carbonyl (C=O) groups excluding carboxylic acids is 3. The Kier molecular flexibility index (Phi) is 23.8. The molecule has 0 aromatic heterocycles. The van der Waals surface area contributed by atoms with Crippen molar-refractivity contribution in [2.45, 2.75) is 77.0 Å². The number of allylic oxidation sites excluding steroid dienone is 2. The molecule has 0 radical (unpaired) electrons. The first kappa shape index (κ1) is 61.8. The second-order valence-corrected chi connectivity index (χ2v) is 22.0. The predicted molar refractivity (Wildman–Crippen MR) is 312 cm³/mol. The predicted octanol–water partition coefficient (Wildman–Crippen LogP) is 8.14. The van der Waals surface area contributed by atoms with E-state index < -0.39 is 0 Å². The summed E-state index contributed by atoms with van der Waals surface area (Å²) in [6, 6.07) is 12.3. The number of methoxy groups -OCH3 is 3. The first-order chi connectivity index (χ1) is 38.8. The number of hydrogen-bond acceptors (Lipinski definition) is 17. The second kappa shape index (κ2) is 30.8. The molecule has 4 heterocycles. The van der Waals surface area contributed by atoms with E-state index in [4.69, 9.17) is 57.4 Å². The van der Waals surface area contributed by atoms with E-state index in [0.717, 1.165) is 25.9 Å². The van der Waals surface area contributed by atoms with Crippen LogP contribution in [0.3, 0.4) is 0 Å². The van der Waals surface area contributed by atoms with Crippen LogP contribution in [0, 0.1) is 0 Å². The number of ether oxygens (including phenoxy) is 10. The Morgan fingerprint density at radius 1 is 0.637 bits per heavy atom. The number of anilines is 1. The number of likely N-dealkylation sites (N-methyl/N-ethyl adjacent to an activating group) is 1. The van der Waals surface area contributed by atoms with Crippen molar-refractivity contribution in [2.24, 2.45) is 9.98 Å². The quantitative estimate of drug-likeness (QED) is 0.0421. The highest BCUT2D eigenvalue weighted by Gasteiger charge is 2.36. The van der Waals surface area contributed by atoms with Gasteiger partial charge in [0.1, 0.15) is 13.2 Å². The van der Waals surface area contributed by atoms with E-state index in [1.165, 1.54) is 25.4 Å². The van der Waals surface area contributed by atoms with Crippen LogP contribution >= 0.6 is 11.8 Å². The van der Waals surface area contributed by atoms with E-state index in [9.17, 15) is 14.4 Å². The van der Waals surface area contributed by atoms with Crippen LogP contribution in [0.4, 0.5) is 17.1 Å². The summed E-state index contributed by atoms with van der Waals surface area (Å²) in [5, 5.41) is 0. The number of nitrogens with zero attached hydrogens (tertiary/aromatic N) is 6. The van der Waals surface area contributed by atoms with Crippen LogP contribution < -0.4 is 23.8 Å². The Bertz CT molecular complexity index is 2560. The van der Waals surface area contributed by atoms with Crippen molar-refractivity contribution < 1.29 is 61.8 Å². The number of carbonyl (C=O) groups is 3. The monoisotopic (exact) mass is 1130 g/mol. The van der Waals surface area contributed by atoms with Gasteiger partial charge in [-0.2, -0.15) is 11.8 Å².